The van der Waals surface area contributed by atoms with Crippen LogP contribution in [-0.4, -0.2) is 34.2 Å². The lowest BCUT2D eigenvalue weighted by Gasteiger charge is -2.28. The molecule has 1 fully saturated rings. The predicted octanol–water partition coefficient (Wildman–Crippen LogP) is 5.24. The molecular formula is C18H14Cl3N3O2S. The van der Waals surface area contributed by atoms with Crippen LogP contribution in [0.1, 0.15) is 6.42 Å². The van der Waals surface area contributed by atoms with Gasteiger partial charge in [-0.3, -0.25) is 14.5 Å². The van der Waals surface area contributed by atoms with Gasteiger partial charge in [-0.05, 0) is 42.5 Å². The fourth-order valence-corrected chi connectivity index (χ4v) is 3.81. The number of halogens is 3. The van der Waals surface area contributed by atoms with Gasteiger partial charge in [0.05, 0.1) is 15.7 Å². The summed E-state index contributed by atoms with van der Waals surface area (Å²) in [5.41, 5.74) is 1.16. The number of nitrogens with one attached hydrogen (secondary N) is 1. The number of rotatable bonds is 3. The van der Waals surface area contributed by atoms with Crippen molar-refractivity contribution in [3.05, 3.63) is 57.5 Å². The summed E-state index contributed by atoms with van der Waals surface area (Å²) in [4.78, 5) is 30.8. The van der Waals surface area contributed by atoms with Crippen molar-refractivity contribution in [1.82, 2.24) is 4.90 Å². The molecule has 0 bridgehead atoms. The maximum Gasteiger partial charge on any atom is 0.238 e. The number of hydrogen-bond donors (Lipinski definition) is 1. The fourth-order valence-electron chi connectivity index (χ4n) is 2.32. The number of benzene rings is 2. The van der Waals surface area contributed by atoms with Crippen LogP contribution >= 0.6 is 46.6 Å². The molecule has 2 amide bonds. The number of carbonyl (C=O) groups is 2. The molecule has 0 radical (unpaired) electrons. The van der Waals surface area contributed by atoms with E-state index in [1.165, 1.54) is 16.7 Å². The molecule has 3 rings (SSSR count). The van der Waals surface area contributed by atoms with Gasteiger partial charge < -0.3 is 5.32 Å². The van der Waals surface area contributed by atoms with Crippen molar-refractivity contribution in [2.75, 3.05) is 12.4 Å². The molecule has 2 aromatic rings. The number of aliphatic imine (C=N–C) groups is 1. The molecule has 27 heavy (non-hydrogen) atoms. The molecule has 1 heterocycles. The number of hydrogen-bond acceptors (Lipinski definition) is 4. The second kappa shape index (κ2) is 8.52. The molecule has 0 saturated carbocycles. The van der Waals surface area contributed by atoms with Crippen LogP contribution in [0.25, 0.3) is 0 Å². The lowest BCUT2D eigenvalue weighted by atomic mass is 10.2. The minimum Gasteiger partial charge on any atom is -0.325 e. The van der Waals surface area contributed by atoms with Crippen molar-refractivity contribution in [1.29, 1.82) is 0 Å². The Labute approximate surface area is 175 Å². The first-order chi connectivity index (χ1) is 12.8. The normalized spacial score (nSPS) is 18.7. The third-order valence-corrected chi connectivity index (χ3v) is 6.03. The molecule has 0 aliphatic carbocycles. The highest BCUT2D eigenvalue weighted by molar-refractivity contribution is 8.15. The number of amides is 2. The quantitative estimate of drug-likeness (QED) is 0.707. The summed E-state index contributed by atoms with van der Waals surface area (Å²) in [6, 6.07) is 11.7. The van der Waals surface area contributed by atoms with E-state index < -0.39 is 5.25 Å². The fraction of sp³-hybridized carbons (Fsp3) is 0.167. The molecule has 1 aliphatic rings. The van der Waals surface area contributed by atoms with E-state index in [9.17, 15) is 9.59 Å². The minimum atomic E-state index is -0.603. The second-order valence-corrected chi connectivity index (χ2v) is 8.17. The monoisotopic (exact) mass is 441 g/mol. The van der Waals surface area contributed by atoms with Crippen molar-refractivity contribution in [2.24, 2.45) is 4.99 Å². The third-order valence-electron chi connectivity index (χ3n) is 3.80. The molecule has 9 heteroatoms. The average molecular weight is 443 g/mol. The Morgan fingerprint density at radius 2 is 1.85 bits per heavy atom. The van der Waals surface area contributed by atoms with E-state index in [0.29, 0.717) is 31.6 Å². The van der Waals surface area contributed by atoms with Crippen LogP contribution in [0.15, 0.2) is 47.5 Å². The average Bonchev–Trinajstić information content (AvgIpc) is 2.63. The van der Waals surface area contributed by atoms with E-state index in [2.05, 4.69) is 10.3 Å². The number of anilines is 1. The zero-order valence-electron chi connectivity index (χ0n) is 14.1. The van der Waals surface area contributed by atoms with Crippen LogP contribution in [0.5, 0.6) is 0 Å². The van der Waals surface area contributed by atoms with E-state index in [-0.39, 0.29) is 18.2 Å². The SMILES string of the molecule is CN1C(=O)CC(C(=O)Nc2ccc(Cl)c(Cl)c2)SC1=Nc1ccc(Cl)cc1. The Kier molecular flexibility index (Phi) is 6.32. The first kappa shape index (κ1) is 20.0. The summed E-state index contributed by atoms with van der Waals surface area (Å²) in [6.07, 6.45) is 0.0773. The summed E-state index contributed by atoms with van der Waals surface area (Å²) >= 11 is 19.0. The Hall–Kier alpha value is -1.73. The third kappa shape index (κ3) is 4.96. The summed E-state index contributed by atoms with van der Waals surface area (Å²) < 4.78 is 0. The molecule has 0 aromatic heterocycles. The summed E-state index contributed by atoms with van der Waals surface area (Å²) in [7, 11) is 1.64. The summed E-state index contributed by atoms with van der Waals surface area (Å²) in [6.45, 7) is 0. The van der Waals surface area contributed by atoms with Gasteiger partial charge in [-0.15, -0.1) is 0 Å². The van der Waals surface area contributed by atoms with Crippen LogP contribution in [0.2, 0.25) is 15.1 Å². The second-order valence-electron chi connectivity index (χ2n) is 5.75. The zero-order chi connectivity index (χ0) is 19.6. The molecular weight excluding hydrogens is 429 g/mol. The van der Waals surface area contributed by atoms with Crippen LogP contribution in [-0.2, 0) is 9.59 Å². The topological polar surface area (TPSA) is 61.8 Å². The molecule has 1 aliphatic heterocycles. The number of carbonyl (C=O) groups excluding carboxylic acids is 2. The van der Waals surface area contributed by atoms with Crippen molar-refractivity contribution in [3.8, 4) is 0 Å². The summed E-state index contributed by atoms with van der Waals surface area (Å²) in [5.74, 6) is -0.487. The van der Waals surface area contributed by atoms with E-state index in [1.54, 1.807) is 49.5 Å². The Bertz CT molecular complexity index is 919. The largest absolute Gasteiger partial charge is 0.325 e. The van der Waals surface area contributed by atoms with E-state index >= 15 is 0 Å². The van der Waals surface area contributed by atoms with Crippen molar-refractivity contribution < 1.29 is 9.59 Å². The van der Waals surface area contributed by atoms with E-state index in [4.69, 9.17) is 34.8 Å². The highest BCUT2D eigenvalue weighted by atomic mass is 35.5. The van der Waals surface area contributed by atoms with Crippen LogP contribution < -0.4 is 5.32 Å². The van der Waals surface area contributed by atoms with Crippen LogP contribution in [0, 0.1) is 0 Å². The Balaban J connectivity index is 1.77. The first-order valence-electron chi connectivity index (χ1n) is 7.87. The van der Waals surface area contributed by atoms with Gasteiger partial charge in [0, 0.05) is 24.2 Å². The first-order valence-corrected chi connectivity index (χ1v) is 9.88. The number of amidine groups is 1. The highest BCUT2D eigenvalue weighted by Crippen LogP contribution is 2.30. The van der Waals surface area contributed by atoms with Gasteiger partial charge >= 0.3 is 0 Å². The van der Waals surface area contributed by atoms with Gasteiger partial charge in [0.15, 0.2) is 5.17 Å². The van der Waals surface area contributed by atoms with Crippen LogP contribution in [0.3, 0.4) is 0 Å². The lowest BCUT2D eigenvalue weighted by molar-refractivity contribution is -0.128. The molecule has 2 aromatic carbocycles. The Morgan fingerprint density at radius 3 is 2.52 bits per heavy atom. The minimum absolute atomic E-state index is 0.0773. The van der Waals surface area contributed by atoms with E-state index in [1.807, 2.05) is 0 Å². The van der Waals surface area contributed by atoms with Gasteiger partial charge in [-0.25, -0.2) is 4.99 Å². The number of thioether (sulfide) groups is 1. The maximum absolute atomic E-state index is 12.6. The molecule has 5 nitrogen and oxygen atoms in total. The van der Waals surface area contributed by atoms with Gasteiger partial charge in [-0.1, -0.05) is 46.6 Å². The van der Waals surface area contributed by atoms with Gasteiger partial charge in [0.1, 0.15) is 5.25 Å². The van der Waals surface area contributed by atoms with Crippen molar-refractivity contribution in [2.45, 2.75) is 11.7 Å². The molecule has 140 valence electrons. The highest BCUT2D eigenvalue weighted by Gasteiger charge is 2.34. The standard InChI is InChI=1S/C18H14Cl3N3O2S/c1-24-16(25)9-15(17(26)22-12-6-7-13(20)14(21)8-12)27-18(24)23-11-4-2-10(19)3-5-11/h2-8,15H,9H2,1H3,(H,22,26). The lowest BCUT2D eigenvalue weighted by Crippen LogP contribution is -2.43. The smallest absolute Gasteiger partial charge is 0.238 e. The number of nitrogens with zero attached hydrogens (tertiary/aromatic N) is 2. The van der Waals surface area contributed by atoms with E-state index in [0.717, 1.165) is 0 Å². The molecule has 1 saturated heterocycles. The zero-order valence-corrected chi connectivity index (χ0v) is 17.2. The van der Waals surface area contributed by atoms with Crippen molar-refractivity contribution in [3.63, 3.8) is 0 Å². The van der Waals surface area contributed by atoms with Gasteiger partial charge in [-0.2, -0.15) is 0 Å². The van der Waals surface area contributed by atoms with Crippen molar-refractivity contribution >= 4 is 74.9 Å². The molecule has 1 atom stereocenters. The molecule has 1 unspecified atom stereocenters. The van der Waals surface area contributed by atoms with Gasteiger partial charge in [0.2, 0.25) is 11.8 Å². The Morgan fingerprint density at radius 1 is 1.15 bits per heavy atom. The maximum atomic E-state index is 12.6. The van der Waals surface area contributed by atoms with Gasteiger partial charge in [0.25, 0.3) is 0 Å². The summed E-state index contributed by atoms with van der Waals surface area (Å²) in [5, 5.41) is 3.94. The molecule has 0 spiro atoms. The molecule has 1 N–H and O–H groups in total. The van der Waals surface area contributed by atoms with Crippen LogP contribution in [0.4, 0.5) is 11.4 Å². The predicted molar refractivity (Wildman–Crippen MR) is 112 cm³/mol.